The van der Waals surface area contributed by atoms with Crippen LogP contribution in [0.15, 0.2) is 39.8 Å². The monoisotopic (exact) mass is 371 g/mol. The van der Waals surface area contributed by atoms with E-state index in [1.165, 1.54) is 25.4 Å². The van der Waals surface area contributed by atoms with Gasteiger partial charge in [-0.3, -0.25) is 4.72 Å². The van der Waals surface area contributed by atoms with Crippen molar-refractivity contribution in [1.82, 2.24) is 4.98 Å². The molecule has 1 heterocycles. The number of anilines is 2. The maximum absolute atomic E-state index is 12.4. The molecule has 0 aliphatic rings. The lowest BCUT2D eigenvalue weighted by Crippen LogP contribution is -2.15. The van der Waals surface area contributed by atoms with E-state index in [-0.39, 0.29) is 16.5 Å². The number of benzene rings is 1. The summed E-state index contributed by atoms with van der Waals surface area (Å²) in [6, 6.07) is 6.04. The number of rotatable bonds is 4. The van der Waals surface area contributed by atoms with Crippen molar-refractivity contribution in [3.05, 3.63) is 40.5 Å². The molecule has 0 saturated heterocycles. The van der Waals surface area contributed by atoms with E-state index in [9.17, 15) is 8.42 Å². The number of methoxy groups -OCH3 is 1. The summed E-state index contributed by atoms with van der Waals surface area (Å²) < 4.78 is 33.1. The van der Waals surface area contributed by atoms with E-state index in [1.807, 2.05) is 6.92 Å². The van der Waals surface area contributed by atoms with Crippen molar-refractivity contribution >= 4 is 37.5 Å². The Kier molecular flexibility index (Phi) is 4.38. The van der Waals surface area contributed by atoms with Gasteiger partial charge < -0.3 is 10.5 Å². The Morgan fingerprint density at radius 2 is 2.05 bits per heavy atom. The third-order valence-electron chi connectivity index (χ3n) is 2.76. The number of hydrogen-bond acceptors (Lipinski definition) is 5. The number of nitrogens with two attached hydrogens (primary N) is 1. The van der Waals surface area contributed by atoms with Gasteiger partial charge in [-0.15, -0.1) is 0 Å². The second-order valence-corrected chi connectivity index (χ2v) is 6.84. The fourth-order valence-electron chi connectivity index (χ4n) is 1.69. The molecule has 2 rings (SSSR count). The van der Waals surface area contributed by atoms with Gasteiger partial charge in [-0.25, -0.2) is 13.4 Å². The Morgan fingerprint density at radius 3 is 2.67 bits per heavy atom. The molecule has 0 aliphatic carbocycles. The Morgan fingerprint density at radius 1 is 1.33 bits per heavy atom. The summed E-state index contributed by atoms with van der Waals surface area (Å²) in [6.45, 7) is 1.84. The van der Waals surface area contributed by atoms with Crippen LogP contribution < -0.4 is 15.2 Å². The van der Waals surface area contributed by atoms with Crippen LogP contribution in [0.2, 0.25) is 0 Å². The highest BCUT2D eigenvalue weighted by atomic mass is 79.9. The quantitative estimate of drug-likeness (QED) is 0.805. The van der Waals surface area contributed by atoms with Crippen molar-refractivity contribution in [3.8, 4) is 5.75 Å². The summed E-state index contributed by atoms with van der Waals surface area (Å²) in [7, 11) is -2.45. The van der Waals surface area contributed by atoms with E-state index in [0.717, 1.165) is 10.0 Å². The molecule has 112 valence electrons. The Labute approximate surface area is 131 Å². The Bertz CT molecular complexity index is 778. The van der Waals surface area contributed by atoms with Crippen LogP contribution in [0.1, 0.15) is 5.56 Å². The fourth-order valence-corrected chi connectivity index (χ4v) is 3.11. The molecule has 0 amide bonds. The molecule has 21 heavy (non-hydrogen) atoms. The molecule has 0 unspecified atom stereocenters. The molecule has 0 bridgehead atoms. The molecule has 2 aromatic rings. The zero-order chi connectivity index (χ0) is 15.6. The van der Waals surface area contributed by atoms with Crippen LogP contribution >= 0.6 is 15.9 Å². The molecule has 1 aromatic heterocycles. The van der Waals surface area contributed by atoms with Crippen LogP contribution in [0, 0.1) is 6.92 Å². The second-order valence-electron chi connectivity index (χ2n) is 4.33. The first kappa shape index (κ1) is 15.6. The third-order valence-corrected chi connectivity index (χ3v) is 4.97. The molecule has 1 aromatic carbocycles. The summed E-state index contributed by atoms with van der Waals surface area (Å²) in [6.07, 6.45) is 1.53. The Balaban J connectivity index is 2.42. The second kappa shape index (κ2) is 5.90. The van der Waals surface area contributed by atoms with Gasteiger partial charge in [0.15, 0.2) is 0 Å². The minimum absolute atomic E-state index is 0.0348. The van der Waals surface area contributed by atoms with E-state index < -0.39 is 10.0 Å². The van der Waals surface area contributed by atoms with Crippen molar-refractivity contribution in [2.45, 2.75) is 11.8 Å². The first-order valence-corrected chi connectivity index (χ1v) is 8.19. The van der Waals surface area contributed by atoms with Crippen LogP contribution in [0.25, 0.3) is 0 Å². The van der Waals surface area contributed by atoms with Crippen molar-refractivity contribution in [1.29, 1.82) is 0 Å². The van der Waals surface area contributed by atoms with Crippen molar-refractivity contribution < 1.29 is 13.2 Å². The number of nitrogen functional groups attached to an aromatic ring is 1. The highest BCUT2D eigenvalue weighted by Gasteiger charge is 2.20. The van der Waals surface area contributed by atoms with Crippen molar-refractivity contribution in [2.75, 3.05) is 17.6 Å². The number of halogens is 1. The van der Waals surface area contributed by atoms with Crippen molar-refractivity contribution in [3.63, 3.8) is 0 Å². The number of ether oxygens (including phenoxy) is 1. The maximum Gasteiger partial charge on any atom is 0.266 e. The normalized spacial score (nSPS) is 11.2. The van der Waals surface area contributed by atoms with Crippen LogP contribution in [0.4, 0.5) is 11.5 Å². The molecular formula is C13H14BrN3O3S. The van der Waals surface area contributed by atoms with Gasteiger partial charge in [-0.1, -0.05) is 0 Å². The lowest BCUT2D eigenvalue weighted by Gasteiger charge is -2.12. The predicted molar refractivity (Wildman–Crippen MR) is 84.9 cm³/mol. The number of nitrogens with zero attached hydrogens (tertiary/aromatic N) is 1. The first-order chi connectivity index (χ1) is 9.83. The molecule has 0 spiro atoms. The van der Waals surface area contributed by atoms with Gasteiger partial charge in [-0.05, 0) is 52.7 Å². The largest absolute Gasteiger partial charge is 0.495 e. The molecule has 6 nitrogen and oxygen atoms in total. The fraction of sp³-hybridized carbons (Fsp3) is 0.154. The lowest BCUT2D eigenvalue weighted by molar-refractivity contribution is 0.403. The summed E-state index contributed by atoms with van der Waals surface area (Å²) in [4.78, 5) is 3.98. The summed E-state index contributed by atoms with van der Waals surface area (Å²) >= 11 is 3.31. The maximum atomic E-state index is 12.4. The molecule has 0 atom stereocenters. The Hall–Kier alpha value is -1.80. The summed E-state index contributed by atoms with van der Waals surface area (Å²) in [5.41, 5.74) is 6.84. The van der Waals surface area contributed by atoms with Gasteiger partial charge in [0, 0.05) is 16.4 Å². The van der Waals surface area contributed by atoms with Gasteiger partial charge in [-0.2, -0.15) is 0 Å². The van der Waals surface area contributed by atoms with Gasteiger partial charge in [0.2, 0.25) is 0 Å². The summed E-state index contributed by atoms with van der Waals surface area (Å²) in [5, 5.41) is 0. The molecular weight excluding hydrogens is 358 g/mol. The molecule has 3 N–H and O–H groups in total. The van der Waals surface area contributed by atoms with E-state index >= 15 is 0 Å². The molecule has 0 saturated carbocycles. The molecule has 0 fully saturated rings. The smallest absolute Gasteiger partial charge is 0.266 e. The van der Waals surface area contributed by atoms with E-state index in [4.69, 9.17) is 10.5 Å². The van der Waals surface area contributed by atoms with Crippen LogP contribution in [0.3, 0.4) is 0 Å². The van der Waals surface area contributed by atoms with Gasteiger partial charge in [0.1, 0.15) is 16.5 Å². The number of aryl methyl sites for hydroxylation is 1. The van der Waals surface area contributed by atoms with Gasteiger partial charge in [0.05, 0.1) is 7.11 Å². The summed E-state index contributed by atoms with van der Waals surface area (Å²) in [5.74, 6) is 0.436. The van der Waals surface area contributed by atoms with Crippen LogP contribution in [0.5, 0.6) is 5.75 Å². The minimum Gasteiger partial charge on any atom is -0.495 e. The van der Waals surface area contributed by atoms with Gasteiger partial charge in [0.25, 0.3) is 10.0 Å². The predicted octanol–water partition coefficient (Wildman–Crippen LogP) is 2.54. The topological polar surface area (TPSA) is 94.3 Å². The van der Waals surface area contributed by atoms with Crippen molar-refractivity contribution in [2.24, 2.45) is 0 Å². The van der Waals surface area contributed by atoms with Gasteiger partial charge >= 0.3 is 0 Å². The SMILES string of the molecule is COc1ccc(N)cc1S(=O)(=O)Nc1cc(C)c(Br)cn1. The van der Waals surface area contributed by atoms with E-state index in [1.54, 1.807) is 12.1 Å². The van der Waals surface area contributed by atoms with E-state index in [2.05, 4.69) is 25.6 Å². The first-order valence-electron chi connectivity index (χ1n) is 5.92. The number of hydrogen-bond donors (Lipinski definition) is 2. The molecule has 0 aliphatic heterocycles. The number of sulfonamides is 1. The highest BCUT2D eigenvalue weighted by molar-refractivity contribution is 9.10. The minimum atomic E-state index is -3.84. The third kappa shape index (κ3) is 3.45. The number of pyridine rings is 1. The highest BCUT2D eigenvalue weighted by Crippen LogP contribution is 2.28. The zero-order valence-corrected chi connectivity index (χ0v) is 13.8. The molecule has 8 heteroatoms. The van der Waals surface area contributed by atoms with E-state index in [0.29, 0.717) is 5.69 Å². The standard InChI is InChI=1S/C13H14BrN3O3S/c1-8-5-13(16-7-10(8)14)17-21(18,19)12-6-9(15)3-4-11(12)20-2/h3-7H,15H2,1-2H3,(H,16,17). The van der Waals surface area contributed by atoms with Crippen LogP contribution in [-0.4, -0.2) is 20.5 Å². The number of aromatic nitrogens is 1. The van der Waals surface area contributed by atoms with Crippen LogP contribution in [-0.2, 0) is 10.0 Å². The average molecular weight is 372 g/mol. The number of nitrogens with one attached hydrogen (secondary N) is 1. The lowest BCUT2D eigenvalue weighted by atomic mass is 10.3. The molecule has 0 radical (unpaired) electrons. The zero-order valence-electron chi connectivity index (χ0n) is 11.4. The average Bonchev–Trinajstić information content (AvgIpc) is 2.42.